The Bertz CT molecular complexity index is 2450. The zero-order valence-corrected chi connectivity index (χ0v) is 52.7. The van der Waals surface area contributed by atoms with E-state index in [2.05, 4.69) is 79.5 Å². The van der Waals surface area contributed by atoms with Crippen molar-refractivity contribution in [3.05, 3.63) is 71.3 Å². The minimum absolute atomic E-state index is 0.0276. The van der Waals surface area contributed by atoms with Crippen LogP contribution in [0.5, 0.6) is 0 Å². The Hall–Kier alpha value is -4.67. The second kappa shape index (κ2) is 24.8. The number of ketones is 1. The molecule has 0 aromatic heterocycles. The normalized spacial score (nSPS) is 28.4. The first kappa shape index (κ1) is 65.1. The highest BCUT2D eigenvalue weighted by molar-refractivity contribution is 6.77. The van der Waals surface area contributed by atoms with Gasteiger partial charge in [0, 0.05) is 31.7 Å². The van der Waals surface area contributed by atoms with Gasteiger partial charge in [0.05, 0.1) is 35.6 Å². The first-order valence-corrected chi connectivity index (χ1v) is 33.1. The molecule has 5 rings (SSSR count). The van der Waals surface area contributed by atoms with Crippen molar-refractivity contribution in [2.24, 2.45) is 16.7 Å². The van der Waals surface area contributed by atoms with E-state index in [1.165, 1.54) is 13.0 Å². The fourth-order valence-electron chi connectivity index (χ4n) is 13.7. The van der Waals surface area contributed by atoms with Crippen molar-refractivity contribution in [3.8, 4) is 0 Å². The smallest absolute Gasteiger partial charge is 0.408 e. The molecule has 19 heteroatoms. The molecule has 2 bridgehead atoms. The van der Waals surface area contributed by atoms with Crippen LogP contribution in [-0.2, 0) is 51.7 Å². The molecule has 3 N–H and O–H groups in total. The minimum atomic E-state index is -3.04. The zero-order chi connectivity index (χ0) is 59.6. The van der Waals surface area contributed by atoms with Gasteiger partial charge in [0.2, 0.25) is 8.32 Å². The van der Waals surface area contributed by atoms with Gasteiger partial charge in [-0.25, -0.2) is 19.2 Å². The number of hydrogen-bond donors (Lipinski definition) is 3. The van der Waals surface area contributed by atoms with E-state index in [9.17, 15) is 24.3 Å². The first-order valence-electron chi connectivity index (χ1n) is 28.4. The molecule has 1 aliphatic heterocycles. The maximum Gasteiger partial charge on any atom is 0.408 e. The van der Waals surface area contributed by atoms with Crippen molar-refractivity contribution >= 4 is 52.5 Å². The van der Waals surface area contributed by atoms with Crippen molar-refractivity contribution in [2.75, 3.05) is 13.2 Å². The summed E-state index contributed by atoms with van der Waals surface area (Å²) in [5, 5.41) is 20.1. The van der Waals surface area contributed by atoms with Gasteiger partial charge < -0.3 is 53.0 Å². The molecule has 1 aromatic carbocycles. The third-order valence-corrected chi connectivity index (χ3v) is 28.6. The van der Waals surface area contributed by atoms with Crippen molar-refractivity contribution in [1.29, 1.82) is 0 Å². The molecule has 17 nitrogen and oxygen atoms in total. The maximum absolute atomic E-state index is 16.8. The van der Waals surface area contributed by atoms with E-state index < -0.39 is 135 Å². The fourth-order valence-corrected chi connectivity index (χ4v) is 22.2. The molecule has 3 aliphatic carbocycles. The van der Waals surface area contributed by atoms with Gasteiger partial charge in [-0.1, -0.05) is 112 Å². The number of carbonyl (C=O) groups excluding carboxylic acids is 6. The third kappa shape index (κ3) is 12.6. The zero-order valence-electron chi connectivity index (χ0n) is 50.7. The van der Waals surface area contributed by atoms with Crippen LogP contribution in [-0.4, -0.2) is 130 Å². The molecule has 4 aliphatic rings. The van der Waals surface area contributed by atoms with Gasteiger partial charge in [-0.05, 0) is 107 Å². The molecule has 1 heterocycles. The van der Waals surface area contributed by atoms with Gasteiger partial charge >= 0.3 is 30.1 Å². The number of esters is 3. The molecule has 1 aromatic rings. The predicted molar refractivity (Wildman–Crippen MR) is 306 cm³/mol. The predicted octanol–water partition coefficient (Wildman–Crippen LogP) is 11.0. The molecule has 79 heavy (non-hydrogen) atoms. The van der Waals surface area contributed by atoms with Crippen LogP contribution in [0, 0.1) is 16.7 Å². The summed E-state index contributed by atoms with van der Waals surface area (Å²) in [6.07, 6.45) is -7.46. The number of ether oxygens (including phenoxy) is 6. The average molecular weight is 1140 g/mol. The van der Waals surface area contributed by atoms with Crippen LogP contribution in [0.3, 0.4) is 0 Å². The monoisotopic (exact) mass is 1140 g/mol. The third-order valence-electron chi connectivity index (χ3n) is 17.9. The molecule has 1 saturated heterocycles. The van der Waals surface area contributed by atoms with E-state index in [1.54, 1.807) is 84.9 Å². The van der Waals surface area contributed by atoms with E-state index in [1.807, 2.05) is 13.8 Å². The molecule has 2 amide bonds. The van der Waals surface area contributed by atoms with Gasteiger partial charge in [-0.3, -0.25) is 9.59 Å². The number of amides is 2. The van der Waals surface area contributed by atoms with Crippen LogP contribution in [0.25, 0.3) is 0 Å². The number of Topliss-reactive ketones (excluding diaryl/α,β-unsaturated/α-hetero) is 1. The first-order chi connectivity index (χ1) is 36.6. The number of allylic oxidation sites excluding steroid dienone is 1. The van der Waals surface area contributed by atoms with E-state index >= 15 is 9.59 Å². The number of rotatable bonds is 21. The maximum atomic E-state index is 16.8. The van der Waals surface area contributed by atoms with Gasteiger partial charge in [0.1, 0.15) is 29.5 Å². The topological polar surface area (TPSA) is 221 Å². The van der Waals surface area contributed by atoms with Crippen LogP contribution in [0.1, 0.15) is 155 Å². The molecular weight excluding hydrogens is 1040 g/mol. The summed E-state index contributed by atoms with van der Waals surface area (Å²) in [6.45, 7) is 38.8. The molecule has 11 atom stereocenters. The summed E-state index contributed by atoms with van der Waals surface area (Å²) >= 11 is 0. The number of carbonyl (C=O) groups is 6. The van der Waals surface area contributed by atoms with Crippen LogP contribution in [0.4, 0.5) is 9.59 Å². The van der Waals surface area contributed by atoms with E-state index in [0.29, 0.717) is 18.1 Å². The summed E-state index contributed by atoms with van der Waals surface area (Å²) in [5.74, 6) is -4.61. The Morgan fingerprint density at radius 3 is 1.95 bits per heavy atom. The summed E-state index contributed by atoms with van der Waals surface area (Å²) in [6, 6.07) is 9.09. The Balaban J connectivity index is 1.92. The Morgan fingerprint density at radius 1 is 0.886 bits per heavy atom. The molecule has 2 saturated carbocycles. The Kier molecular flexibility index (Phi) is 20.5. The van der Waals surface area contributed by atoms with Crippen LogP contribution < -0.4 is 10.6 Å². The summed E-state index contributed by atoms with van der Waals surface area (Å²) in [7, 11) is -5.74. The molecule has 3 fully saturated rings. The van der Waals surface area contributed by atoms with Crippen molar-refractivity contribution in [2.45, 2.75) is 239 Å². The van der Waals surface area contributed by atoms with Crippen molar-refractivity contribution < 1.29 is 71.1 Å². The number of hydrogen-bond acceptors (Lipinski definition) is 15. The summed E-state index contributed by atoms with van der Waals surface area (Å²) in [5.41, 5.74) is -7.44. The molecule has 0 radical (unpaired) electrons. The Morgan fingerprint density at radius 2 is 1.47 bits per heavy atom. The second-order valence-electron chi connectivity index (χ2n) is 25.3. The highest BCUT2D eigenvalue weighted by Crippen LogP contribution is 2.65. The standard InChI is InChI=1S/C60H94N2O15Si2/c1-21-30-61-54(67)72-48-46-39(13)43(71-53(66)47(77-79(36(7)8,37(9)10)38(11)12)42(31-35(5)6)62-55(68)75-56(15,16)17)33-60(69,57(46,18)19)51(73-52(65)41-28-26-25-27-29-41)49-58(20,50(48)64)44(76-78(22-2,23-3)24-4)32-45-59(49,34-70-45)74-40(14)63/h21,25-29,31,36-38,42-45,47-49,51,69H,1,22-24,30,32-34H2,2-20H3,(H,61,67)(H,62,68)/t42-,43-,44-,45+,47+,48+,49-,51-,58+,59-,60+/m0/s1. The van der Waals surface area contributed by atoms with Crippen molar-refractivity contribution in [3.63, 3.8) is 0 Å². The van der Waals surface area contributed by atoms with Gasteiger partial charge in [0.25, 0.3) is 0 Å². The highest BCUT2D eigenvalue weighted by Gasteiger charge is 2.79. The number of alkyl carbamates (subject to hydrolysis) is 2. The average Bonchev–Trinajstić information content (AvgIpc) is 2.85. The molecule has 442 valence electrons. The lowest BCUT2D eigenvalue weighted by molar-refractivity contribution is -0.344. The Labute approximate surface area is 472 Å². The molecule has 0 spiro atoms. The fraction of sp³-hybridized carbons (Fsp3) is 0.700. The number of benzene rings is 1. The number of fused-ring (bicyclic) bond motifs is 5. The minimum Gasteiger partial charge on any atom is -0.456 e. The van der Waals surface area contributed by atoms with E-state index in [0.717, 1.165) is 5.57 Å². The lowest BCUT2D eigenvalue weighted by Crippen LogP contribution is -2.82. The van der Waals surface area contributed by atoms with Gasteiger partial charge in [-0.15, -0.1) is 6.58 Å². The number of aliphatic hydroxyl groups is 1. The van der Waals surface area contributed by atoms with Crippen LogP contribution in [0.2, 0.25) is 34.8 Å². The van der Waals surface area contributed by atoms with Gasteiger partial charge in [0.15, 0.2) is 31.9 Å². The summed E-state index contributed by atoms with van der Waals surface area (Å²) < 4.78 is 53.4. The number of nitrogens with one attached hydrogen (secondary N) is 2. The SMILES string of the molecule is C=CCNC(=O)O[C@H]1C(=O)[C@]2(C)[C@@H](O[Si](CC)(CC)CC)C[C@H]3OC[C@@]3(OC(C)=O)[C@H]2[C@H](OC(=O)c2ccccc2)[C@]2(O)C[C@H](OC(=O)[C@H](O[Si](C(C)C)(C(C)C)C(C)C)[C@H](C=C(C)C)NC(=O)OC(C)(C)C)C(C)=C1C2(C)C. The van der Waals surface area contributed by atoms with Crippen LogP contribution >= 0.6 is 0 Å². The lowest BCUT2D eigenvalue weighted by atomic mass is 9.44. The molecule has 0 unspecified atom stereocenters. The van der Waals surface area contributed by atoms with Gasteiger partial charge in [-0.2, -0.15) is 0 Å². The lowest BCUT2D eigenvalue weighted by Gasteiger charge is -2.68. The van der Waals surface area contributed by atoms with E-state index in [4.69, 9.17) is 37.3 Å². The quantitative estimate of drug-likeness (QED) is 0.0451. The highest BCUT2D eigenvalue weighted by atomic mass is 28.4. The molecular formula is C60H94N2O15Si2. The van der Waals surface area contributed by atoms with Crippen molar-refractivity contribution in [1.82, 2.24) is 10.6 Å². The summed E-state index contributed by atoms with van der Waals surface area (Å²) in [4.78, 5) is 89.4. The van der Waals surface area contributed by atoms with Crippen LogP contribution in [0.15, 0.2) is 65.8 Å². The second-order valence-corrected chi connectivity index (χ2v) is 35.4. The van der Waals surface area contributed by atoms with E-state index in [-0.39, 0.29) is 52.9 Å². The largest absolute Gasteiger partial charge is 0.456 e.